The molecule has 7 heteroatoms. The second-order valence-corrected chi connectivity index (χ2v) is 8.03. The molecule has 33 heavy (non-hydrogen) atoms. The van der Waals surface area contributed by atoms with Crippen molar-refractivity contribution < 1.29 is 9.53 Å². The van der Waals surface area contributed by atoms with E-state index in [1.165, 1.54) is 0 Å². The van der Waals surface area contributed by atoms with Crippen LogP contribution < -0.4 is 9.64 Å². The van der Waals surface area contributed by atoms with Gasteiger partial charge in [0, 0.05) is 37.9 Å². The first-order chi connectivity index (χ1) is 16.2. The molecule has 1 saturated heterocycles. The fourth-order valence-electron chi connectivity index (χ4n) is 4.01. The number of amides is 1. The summed E-state index contributed by atoms with van der Waals surface area (Å²) in [6.45, 7) is 4.63. The Kier molecular flexibility index (Phi) is 5.85. The highest BCUT2D eigenvalue weighted by molar-refractivity contribution is 5.81. The van der Waals surface area contributed by atoms with E-state index in [9.17, 15) is 4.79 Å². The molecule has 0 N–H and O–H groups in total. The van der Waals surface area contributed by atoms with Gasteiger partial charge >= 0.3 is 0 Å². The summed E-state index contributed by atoms with van der Waals surface area (Å²) in [6.07, 6.45) is 3.01. The van der Waals surface area contributed by atoms with Gasteiger partial charge in [0.15, 0.2) is 6.10 Å². The molecule has 0 aliphatic carbocycles. The molecule has 2 aromatic carbocycles. The van der Waals surface area contributed by atoms with Gasteiger partial charge < -0.3 is 14.5 Å². The molecule has 1 aliphatic rings. The number of carbonyl (C=O) groups is 1. The average molecular weight is 440 g/mol. The van der Waals surface area contributed by atoms with Gasteiger partial charge in [-0.3, -0.25) is 9.78 Å². The summed E-state index contributed by atoms with van der Waals surface area (Å²) in [5.74, 6) is 1.60. The molecule has 1 fully saturated rings. The van der Waals surface area contributed by atoms with E-state index in [2.05, 4.69) is 19.9 Å². The molecule has 1 aliphatic heterocycles. The minimum absolute atomic E-state index is 0.000133. The Morgan fingerprint density at radius 3 is 2.33 bits per heavy atom. The normalized spacial score (nSPS) is 14.8. The largest absolute Gasteiger partial charge is 0.481 e. The van der Waals surface area contributed by atoms with Crippen LogP contribution in [0.2, 0.25) is 0 Å². The third-order valence-electron chi connectivity index (χ3n) is 5.82. The topological polar surface area (TPSA) is 71.5 Å². The molecule has 0 bridgehead atoms. The van der Waals surface area contributed by atoms with Crippen LogP contribution >= 0.6 is 0 Å². The first-order valence-electron chi connectivity index (χ1n) is 11.1. The van der Waals surface area contributed by atoms with Gasteiger partial charge in [-0.05, 0) is 55.5 Å². The molecule has 1 amide bonds. The summed E-state index contributed by atoms with van der Waals surface area (Å²) >= 11 is 0. The number of para-hydroxylation sites is 2. The number of aromatic nitrogens is 3. The Labute approximate surface area is 192 Å². The maximum Gasteiger partial charge on any atom is 0.263 e. The van der Waals surface area contributed by atoms with E-state index in [1.54, 1.807) is 19.3 Å². The van der Waals surface area contributed by atoms with Gasteiger partial charge in [0.05, 0.1) is 22.9 Å². The molecule has 2 aromatic heterocycles. The molecule has 166 valence electrons. The number of rotatable bonds is 5. The lowest BCUT2D eigenvalue weighted by molar-refractivity contribution is -0.138. The lowest BCUT2D eigenvalue weighted by Gasteiger charge is -2.36. The summed E-state index contributed by atoms with van der Waals surface area (Å²) in [5.41, 5.74) is 3.48. The summed E-state index contributed by atoms with van der Waals surface area (Å²) < 4.78 is 5.95. The van der Waals surface area contributed by atoms with Crippen molar-refractivity contribution >= 4 is 22.8 Å². The first-order valence-corrected chi connectivity index (χ1v) is 11.1. The SMILES string of the molecule is CC(Oc1ccc(-c2cnc3ccccc3n2)cc1)C(=O)N1CCN(c2ccccn2)CC1. The summed E-state index contributed by atoms with van der Waals surface area (Å²) in [5, 5.41) is 0. The summed E-state index contributed by atoms with van der Waals surface area (Å²) in [4.78, 5) is 30.5. The number of anilines is 1. The van der Waals surface area contributed by atoms with Crippen LogP contribution in [0.15, 0.2) is 79.1 Å². The number of carbonyl (C=O) groups excluding carboxylic acids is 1. The minimum atomic E-state index is -0.558. The van der Waals surface area contributed by atoms with Gasteiger partial charge in [0.2, 0.25) is 0 Å². The number of nitrogens with zero attached hydrogens (tertiary/aromatic N) is 5. The van der Waals surface area contributed by atoms with Crippen LogP contribution in [0, 0.1) is 0 Å². The Balaban J connectivity index is 1.19. The number of pyridine rings is 1. The molecule has 0 spiro atoms. The highest BCUT2D eigenvalue weighted by Crippen LogP contribution is 2.23. The molecule has 0 saturated carbocycles. The smallest absolute Gasteiger partial charge is 0.263 e. The van der Waals surface area contributed by atoms with Crippen LogP contribution in [0.5, 0.6) is 5.75 Å². The number of fused-ring (bicyclic) bond motifs is 1. The quantitative estimate of drug-likeness (QED) is 0.471. The predicted molar refractivity (Wildman–Crippen MR) is 128 cm³/mol. The van der Waals surface area contributed by atoms with E-state index in [-0.39, 0.29) is 5.91 Å². The standard InChI is InChI=1S/C26H25N5O2/c1-19(26(32)31-16-14-30(15-17-31)25-8-4-5-13-27-25)33-21-11-9-20(10-12-21)24-18-28-22-6-2-3-7-23(22)29-24/h2-13,18-19H,14-17H2,1H3. The Bertz CT molecular complexity index is 1240. The van der Waals surface area contributed by atoms with E-state index in [0.29, 0.717) is 18.8 Å². The summed E-state index contributed by atoms with van der Waals surface area (Å²) in [6, 6.07) is 21.3. The van der Waals surface area contributed by atoms with Crippen molar-refractivity contribution in [3.8, 4) is 17.0 Å². The Hall–Kier alpha value is -4.00. The van der Waals surface area contributed by atoms with E-state index >= 15 is 0 Å². The molecule has 4 aromatic rings. The number of hydrogen-bond donors (Lipinski definition) is 0. The Morgan fingerprint density at radius 2 is 1.61 bits per heavy atom. The van der Waals surface area contributed by atoms with Gasteiger partial charge in [-0.15, -0.1) is 0 Å². The van der Waals surface area contributed by atoms with Gasteiger partial charge in [0.25, 0.3) is 5.91 Å². The molecule has 1 unspecified atom stereocenters. The second kappa shape index (κ2) is 9.24. The van der Waals surface area contributed by atoms with Crippen molar-refractivity contribution in [3.63, 3.8) is 0 Å². The maximum absolute atomic E-state index is 12.9. The lowest BCUT2D eigenvalue weighted by Crippen LogP contribution is -2.52. The van der Waals surface area contributed by atoms with Crippen molar-refractivity contribution in [3.05, 3.63) is 79.1 Å². The van der Waals surface area contributed by atoms with Crippen LogP contribution in [0.3, 0.4) is 0 Å². The second-order valence-electron chi connectivity index (χ2n) is 8.03. The number of piperazine rings is 1. The van der Waals surface area contributed by atoms with Crippen LogP contribution in [0.4, 0.5) is 5.82 Å². The molecule has 3 heterocycles. The van der Waals surface area contributed by atoms with Crippen molar-refractivity contribution in [2.24, 2.45) is 0 Å². The fourth-order valence-corrected chi connectivity index (χ4v) is 4.01. The third kappa shape index (κ3) is 4.62. The molecular weight excluding hydrogens is 414 g/mol. The fraction of sp³-hybridized carbons (Fsp3) is 0.231. The molecule has 1 atom stereocenters. The zero-order valence-corrected chi connectivity index (χ0v) is 18.5. The summed E-state index contributed by atoms with van der Waals surface area (Å²) in [7, 11) is 0. The van der Waals surface area contributed by atoms with Gasteiger partial charge in [-0.2, -0.15) is 0 Å². The highest BCUT2D eigenvalue weighted by Gasteiger charge is 2.26. The number of hydrogen-bond acceptors (Lipinski definition) is 6. The van der Waals surface area contributed by atoms with Gasteiger partial charge in [-0.25, -0.2) is 9.97 Å². The zero-order valence-electron chi connectivity index (χ0n) is 18.5. The number of ether oxygens (including phenoxy) is 1. The van der Waals surface area contributed by atoms with Gasteiger partial charge in [-0.1, -0.05) is 18.2 Å². The van der Waals surface area contributed by atoms with Crippen molar-refractivity contribution in [1.82, 2.24) is 19.9 Å². The highest BCUT2D eigenvalue weighted by atomic mass is 16.5. The zero-order chi connectivity index (χ0) is 22.6. The van der Waals surface area contributed by atoms with Gasteiger partial charge in [0.1, 0.15) is 11.6 Å². The van der Waals surface area contributed by atoms with Crippen LogP contribution in [0.1, 0.15) is 6.92 Å². The van der Waals surface area contributed by atoms with E-state index in [1.807, 2.05) is 71.6 Å². The van der Waals surface area contributed by atoms with Crippen molar-refractivity contribution in [1.29, 1.82) is 0 Å². The Morgan fingerprint density at radius 1 is 0.879 bits per heavy atom. The van der Waals surface area contributed by atoms with Crippen molar-refractivity contribution in [2.75, 3.05) is 31.1 Å². The van der Waals surface area contributed by atoms with Crippen LogP contribution in [0.25, 0.3) is 22.3 Å². The van der Waals surface area contributed by atoms with Crippen molar-refractivity contribution in [2.45, 2.75) is 13.0 Å². The predicted octanol–water partition coefficient (Wildman–Crippen LogP) is 3.81. The first kappa shape index (κ1) is 20.9. The average Bonchev–Trinajstić information content (AvgIpc) is 2.89. The number of benzene rings is 2. The lowest BCUT2D eigenvalue weighted by atomic mass is 10.1. The third-order valence-corrected chi connectivity index (χ3v) is 5.82. The molecular formula is C26H25N5O2. The monoisotopic (exact) mass is 439 g/mol. The van der Waals surface area contributed by atoms with E-state index < -0.39 is 6.10 Å². The molecule has 0 radical (unpaired) electrons. The molecule has 5 rings (SSSR count). The maximum atomic E-state index is 12.9. The van der Waals surface area contributed by atoms with Crippen LogP contribution in [-0.4, -0.2) is 58.0 Å². The van der Waals surface area contributed by atoms with Crippen LogP contribution in [-0.2, 0) is 4.79 Å². The van der Waals surface area contributed by atoms with E-state index in [0.717, 1.165) is 41.2 Å². The minimum Gasteiger partial charge on any atom is -0.481 e. The van der Waals surface area contributed by atoms with E-state index in [4.69, 9.17) is 4.74 Å². The molecule has 7 nitrogen and oxygen atoms in total.